The van der Waals surface area contributed by atoms with Crippen LogP contribution in [0.2, 0.25) is 0 Å². The molecule has 0 saturated carbocycles. The van der Waals surface area contributed by atoms with Gasteiger partial charge in [0.05, 0.1) is 42.7 Å². The van der Waals surface area contributed by atoms with Crippen LogP contribution in [0.5, 0.6) is 5.75 Å². The fourth-order valence-corrected chi connectivity index (χ4v) is 6.40. The average molecular weight is 572 g/mol. The molecule has 2 saturated heterocycles. The maximum Gasteiger partial charge on any atom is 0.433 e. The second kappa shape index (κ2) is 11.0. The number of piperidine rings is 1. The molecule has 41 heavy (non-hydrogen) atoms. The Labute approximate surface area is 236 Å². The number of aliphatic imine (C=N–C) groups is 1. The molecule has 0 amide bonds. The summed E-state index contributed by atoms with van der Waals surface area (Å²) in [5, 5.41) is 1.04. The molecule has 0 radical (unpaired) electrons. The van der Waals surface area contributed by atoms with Crippen LogP contribution in [0.3, 0.4) is 0 Å². The lowest BCUT2D eigenvalue weighted by Crippen LogP contribution is -2.53. The third kappa shape index (κ3) is 5.27. The van der Waals surface area contributed by atoms with Gasteiger partial charge in [0.15, 0.2) is 0 Å². The Kier molecular flexibility index (Phi) is 7.39. The highest BCUT2D eigenvalue weighted by molar-refractivity contribution is 6.01. The molecule has 0 bridgehead atoms. The van der Waals surface area contributed by atoms with Crippen LogP contribution in [0.4, 0.5) is 23.2 Å². The number of benzene rings is 1. The highest BCUT2D eigenvalue weighted by Gasteiger charge is 2.43. The second-order valence-corrected chi connectivity index (χ2v) is 10.8. The number of halogens is 4. The number of hydrogen-bond acceptors (Lipinski definition) is 7. The maximum absolute atomic E-state index is 14.9. The van der Waals surface area contributed by atoms with Crippen molar-refractivity contribution in [3.63, 3.8) is 0 Å². The van der Waals surface area contributed by atoms with Gasteiger partial charge in [0.2, 0.25) is 0 Å². The molecular formula is C30H33F4N5O2. The normalized spacial score (nSPS) is 24.3. The average Bonchev–Trinajstić information content (AvgIpc) is 3.00. The van der Waals surface area contributed by atoms with Crippen molar-refractivity contribution < 1.29 is 27.0 Å². The number of rotatable bonds is 5. The number of ether oxygens (including phenoxy) is 2. The Hall–Kier alpha value is -3.60. The van der Waals surface area contributed by atoms with E-state index in [2.05, 4.69) is 19.8 Å². The van der Waals surface area contributed by atoms with E-state index in [0.29, 0.717) is 24.8 Å². The number of piperazine rings is 1. The van der Waals surface area contributed by atoms with E-state index in [0.717, 1.165) is 67.4 Å². The number of likely N-dealkylation sites (tertiary alicyclic amines) is 1. The van der Waals surface area contributed by atoms with Crippen molar-refractivity contribution in [2.24, 2.45) is 10.9 Å². The van der Waals surface area contributed by atoms with Crippen LogP contribution in [0.25, 0.3) is 10.9 Å². The van der Waals surface area contributed by atoms with Crippen LogP contribution in [-0.4, -0.2) is 92.4 Å². The van der Waals surface area contributed by atoms with E-state index in [4.69, 9.17) is 9.47 Å². The molecule has 0 spiro atoms. The predicted octanol–water partition coefficient (Wildman–Crippen LogP) is 5.11. The summed E-state index contributed by atoms with van der Waals surface area (Å²) in [4.78, 5) is 15.4. The first-order valence-electron chi connectivity index (χ1n) is 13.9. The van der Waals surface area contributed by atoms with Crippen molar-refractivity contribution in [1.29, 1.82) is 0 Å². The molecular weight excluding hydrogens is 538 g/mol. The monoisotopic (exact) mass is 571 g/mol. The SMILES string of the molecule is COC1=CC(C(F)(F)F)=NC2=C(N3CCC(N4CCN(c5cc(OC)cc6cccnc56)CC4)CC3)C=CC(F)C12. The first kappa shape index (κ1) is 27.6. The summed E-state index contributed by atoms with van der Waals surface area (Å²) in [6, 6.07) is 8.38. The smallest absolute Gasteiger partial charge is 0.433 e. The van der Waals surface area contributed by atoms with Gasteiger partial charge in [-0.05, 0) is 37.1 Å². The van der Waals surface area contributed by atoms with Gasteiger partial charge < -0.3 is 19.3 Å². The summed E-state index contributed by atoms with van der Waals surface area (Å²) >= 11 is 0. The molecule has 1 aromatic carbocycles. The largest absolute Gasteiger partial charge is 0.500 e. The Morgan fingerprint density at radius 1 is 0.951 bits per heavy atom. The molecule has 4 aliphatic rings. The molecule has 2 aromatic rings. The van der Waals surface area contributed by atoms with Gasteiger partial charge in [-0.1, -0.05) is 6.07 Å². The van der Waals surface area contributed by atoms with Gasteiger partial charge in [-0.25, -0.2) is 9.38 Å². The number of hydrogen-bond donors (Lipinski definition) is 0. The molecule has 2 fully saturated rings. The lowest BCUT2D eigenvalue weighted by atomic mass is 9.87. The van der Waals surface area contributed by atoms with Gasteiger partial charge in [-0.15, -0.1) is 0 Å². The zero-order valence-corrected chi connectivity index (χ0v) is 23.1. The van der Waals surface area contributed by atoms with Gasteiger partial charge in [0, 0.05) is 69.0 Å². The van der Waals surface area contributed by atoms with Gasteiger partial charge in [-0.3, -0.25) is 9.88 Å². The quantitative estimate of drug-likeness (QED) is 0.465. The molecule has 1 aromatic heterocycles. The molecule has 1 aliphatic carbocycles. The van der Waals surface area contributed by atoms with E-state index in [1.165, 1.54) is 13.2 Å². The highest BCUT2D eigenvalue weighted by Crippen LogP contribution is 2.41. The summed E-state index contributed by atoms with van der Waals surface area (Å²) in [5.41, 5.74) is 1.62. The zero-order valence-electron chi connectivity index (χ0n) is 23.1. The lowest BCUT2D eigenvalue weighted by Gasteiger charge is -2.44. The topological polar surface area (TPSA) is 53.4 Å². The van der Waals surface area contributed by atoms with Crippen molar-refractivity contribution in [3.05, 3.63) is 65.8 Å². The van der Waals surface area contributed by atoms with E-state index < -0.39 is 24.0 Å². The van der Waals surface area contributed by atoms with Crippen molar-refractivity contribution in [2.75, 3.05) is 58.4 Å². The number of pyridine rings is 1. The minimum Gasteiger partial charge on any atom is -0.500 e. The lowest BCUT2D eigenvalue weighted by molar-refractivity contribution is -0.0582. The third-order valence-corrected chi connectivity index (χ3v) is 8.54. The Morgan fingerprint density at radius 2 is 1.71 bits per heavy atom. The number of allylic oxidation sites excluding steroid dienone is 3. The first-order chi connectivity index (χ1) is 19.8. The van der Waals surface area contributed by atoms with Crippen molar-refractivity contribution in [2.45, 2.75) is 31.2 Å². The predicted molar refractivity (Wildman–Crippen MR) is 150 cm³/mol. The number of aromatic nitrogens is 1. The van der Waals surface area contributed by atoms with Crippen LogP contribution in [-0.2, 0) is 4.74 Å². The van der Waals surface area contributed by atoms with Crippen LogP contribution in [0.1, 0.15) is 12.8 Å². The van der Waals surface area contributed by atoms with Gasteiger partial charge in [-0.2, -0.15) is 13.2 Å². The summed E-state index contributed by atoms with van der Waals surface area (Å²) in [5.74, 6) is -0.218. The van der Waals surface area contributed by atoms with Crippen LogP contribution in [0.15, 0.2) is 70.8 Å². The summed E-state index contributed by atoms with van der Waals surface area (Å²) in [6.07, 6.45) is 1.18. The third-order valence-electron chi connectivity index (χ3n) is 8.54. The summed E-state index contributed by atoms with van der Waals surface area (Å²) in [6.45, 7) is 4.83. The molecule has 218 valence electrons. The van der Waals surface area contributed by atoms with Crippen LogP contribution < -0.4 is 9.64 Å². The molecule has 2 atom stereocenters. The molecule has 4 heterocycles. The fourth-order valence-electron chi connectivity index (χ4n) is 6.40. The first-order valence-corrected chi connectivity index (χ1v) is 13.9. The van der Waals surface area contributed by atoms with Crippen molar-refractivity contribution in [3.8, 4) is 5.75 Å². The number of alkyl halides is 4. The Morgan fingerprint density at radius 3 is 2.39 bits per heavy atom. The minimum atomic E-state index is -4.65. The Bertz CT molecular complexity index is 1420. The number of dihydropyridines is 1. The number of anilines is 1. The molecule has 7 nitrogen and oxygen atoms in total. The highest BCUT2D eigenvalue weighted by atomic mass is 19.4. The van der Waals surface area contributed by atoms with Crippen molar-refractivity contribution >= 4 is 22.3 Å². The van der Waals surface area contributed by atoms with Crippen molar-refractivity contribution in [1.82, 2.24) is 14.8 Å². The second-order valence-electron chi connectivity index (χ2n) is 10.8. The van der Waals surface area contributed by atoms with Crippen LogP contribution >= 0.6 is 0 Å². The van der Waals surface area contributed by atoms with E-state index in [9.17, 15) is 17.6 Å². The summed E-state index contributed by atoms with van der Waals surface area (Å²) < 4.78 is 66.4. The number of fused-ring (bicyclic) bond motifs is 2. The molecule has 2 unspecified atom stereocenters. The fraction of sp³-hybridized carbons (Fsp3) is 0.467. The molecule has 0 N–H and O–H groups in total. The number of nitrogens with zero attached hydrogens (tertiary/aromatic N) is 5. The van der Waals surface area contributed by atoms with Gasteiger partial charge in [0.25, 0.3) is 0 Å². The van der Waals surface area contributed by atoms with E-state index in [1.807, 2.05) is 35.4 Å². The Balaban J connectivity index is 1.14. The maximum atomic E-state index is 14.9. The van der Waals surface area contributed by atoms with E-state index in [1.54, 1.807) is 13.2 Å². The summed E-state index contributed by atoms with van der Waals surface area (Å²) in [7, 11) is 2.94. The van der Waals surface area contributed by atoms with Gasteiger partial charge in [0.1, 0.15) is 23.4 Å². The molecule has 3 aliphatic heterocycles. The standard InChI is InChI=1S/C30H33F4N5O2/c1-40-21-16-19-4-3-9-35-28(19)24(17-21)39-14-12-37(13-15-39)20-7-10-38(11-8-20)23-6-5-22(31)27-25(41-2)18-26(30(32,33)34)36-29(23)27/h3-6,9,16-18,20,22,27H,7-8,10-15H2,1-2H3. The zero-order chi connectivity index (χ0) is 28.7. The minimum absolute atomic E-state index is 0.0524. The number of methoxy groups -OCH3 is 2. The van der Waals surface area contributed by atoms with E-state index >= 15 is 0 Å². The van der Waals surface area contributed by atoms with Crippen LogP contribution in [0, 0.1) is 5.92 Å². The van der Waals surface area contributed by atoms with Gasteiger partial charge >= 0.3 is 6.18 Å². The molecule has 6 rings (SSSR count). The molecule has 11 heteroatoms. The van der Waals surface area contributed by atoms with E-state index in [-0.39, 0.29) is 11.5 Å².